The number of aliphatic carboxylic acids is 1. The van der Waals surface area contributed by atoms with Crippen LogP contribution < -0.4 is 11.0 Å². The SMILES string of the molecule is CCN(CC)CCc1cn([C@H]2CCCCCCCc3cc(F)cc(C)c3-c3cc(c(F)c(C(F)(F)F)c3)[C@H](CC(=O)O)NC2=O)c(=O)nc1C. The predicted octanol–water partition coefficient (Wildman–Crippen LogP) is 7.48. The van der Waals surface area contributed by atoms with Crippen LogP contribution in [-0.2, 0) is 28.6 Å². The number of carbonyl (C=O) groups is 2. The maximum Gasteiger partial charge on any atom is 0.419 e. The summed E-state index contributed by atoms with van der Waals surface area (Å²) in [6, 6.07) is 1.26. The molecule has 0 unspecified atom stereocenters. The molecule has 2 aromatic carbocycles. The molecule has 1 aliphatic heterocycles. The van der Waals surface area contributed by atoms with E-state index in [1.54, 1.807) is 20.0 Å². The molecule has 2 atom stereocenters. The number of aryl methyl sites for hydroxylation is 3. The van der Waals surface area contributed by atoms with Gasteiger partial charge in [0.05, 0.1) is 18.0 Å². The van der Waals surface area contributed by atoms with Gasteiger partial charge in [-0.05, 0) is 105 Å². The Morgan fingerprint density at radius 1 is 1.02 bits per heavy atom. The fourth-order valence-corrected chi connectivity index (χ4v) is 6.81. The summed E-state index contributed by atoms with van der Waals surface area (Å²) in [5.41, 5.74) is -0.799. The van der Waals surface area contributed by atoms with Crippen LogP contribution in [-0.4, -0.2) is 51.1 Å². The molecule has 0 spiro atoms. The Hall–Kier alpha value is -4.13. The third-order valence-corrected chi connectivity index (χ3v) is 9.55. The Morgan fingerprint density at radius 2 is 1.70 bits per heavy atom. The number of amides is 1. The minimum atomic E-state index is -5.17. The highest BCUT2D eigenvalue weighted by Gasteiger charge is 2.38. The van der Waals surface area contributed by atoms with Crippen molar-refractivity contribution in [1.29, 1.82) is 0 Å². The van der Waals surface area contributed by atoms with E-state index in [1.807, 2.05) is 13.8 Å². The Balaban J connectivity index is 1.89. The van der Waals surface area contributed by atoms with Crippen LogP contribution in [0.3, 0.4) is 0 Å². The molecule has 0 saturated carbocycles. The average Bonchev–Trinajstić information content (AvgIpc) is 3.02. The van der Waals surface area contributed by atoms with Gasteiger partial charge in [0, 0.05) is 24.0 Å². The van der Waals surface area contributed by atoms with Crippen LogP contribution in [0.2, 0.25) is 0 Å². The molecule has 272 valence electrons. The smallest absolute Gasteiger partial charge is 0.419 e. The minimum Gasteiger partial charge on any atom is -0.481 e. The van der Waals surface area contributed by atoms with Crippen LogP contribution in [0.5, 0.6) is 0 Å². The fourth-order valence-electron chi connectivity index (χ4n) is 6.81. The van der Waals surface area contributed by atoms with Crippen LogP contribution in [0.4, 0.5) is 22.0 Å². The van der Waals surface area contributed by atoms with E-state index in [0.29, 0.717) is 61.5 Å². The first-order chi connectivity index (χ1) is 23.6. The topological polar surface area (TPSA) is 105 Å². The second-order valence-electron chi connectivity index (χ2n) is 13.0. The number of carbonyl (C=O) groups excluding carboxylic acids is 1. The minimum absolute atomic E-state index is 0.0775. The number of likely N-dealkylation sites (N-methyl/N-ethyl adjacent to an activating group) is 1. The quantitative estimate of drug-likeness (QED) is 0.236. The third-order valence-electron chi connectivity index (χ3n) is 9.55. The first-order valence-electron chi connectivity index (χ1n) is 17.2. The van der Waals surface area contributed by atoms with E-state index in [-0.39, 0.29) is 17.5 Å². The number of rotatable bonds is 8. The number of halogens is 5. The van der Waals surface area contributed by atoms with Gasteiger partial charge >= 0.3 is 17.8 Å². The van der Waals surface area contributed by atoms with Gasteiger partial charge in [0.2, 0.25) is 5.91 Å². The standard InChI is InChI=1S/C37H45F5N4O4/c1-5-45(6-2)15-14-25-21-46(36(50)43-23(25)4)31-13-11-9-7-8-10-12-24-17-27(38)16-22(3)33(24)26-18-28(30(20-32(47)48)44-35(31)49)34(39)29(19-26)37(40,41)42/h16-19,21,30-31H,5-15,20H2,1-4H3,(H,44,49)(H,47,48)/t30-,31-/m0/s1. The number of carboxylic acid groups (broad SMARTS) is 1. The van der Waals surface area contributed by atoms with Gasteiger partial charge < -0.3 is 15.3 Å². The number of alkyl halides is 3. The summed E-state index contributed by atoms with van der Waals surface area (Å²) < 4.78 is 74.8. The zero-order chi connectivity index (χ0) is 36.7. The van der Waals surface area contributed by atoms with E-state index in [1.165, 1.54) is 16.7 Å². The zero-order valence-corrected chi connectivity index (χ0v) is 28.9. The highest BCUT2D eigenvalue weighted by atomic mass is 19.4. The number of benzene rings is 2. The van der Waals surface area contributed by atoms with E-state index >= 15 is 4.39 Å². The van der Waals surface area contributed by atoms with Crippen molar-refractivity contribution >= 4 is 11.9 Å². The van der Waals surface area contributed by atoms with Gasteiger partial charge in [-0.2, -0.15) is 18.2 Å². The lowest BCUT2D eigenvalue weighted by Gasteiger charge is -2.26. The molecule has 50 heavy (non-hydrogen) atoms. The molecule has 2 N–H and O–H groups in total. The van der Waals surface area contributed by atoms with Crippen molar-refractivity contribution in [2.75, 3.05) is 19.6 Å². The van der Waals surface area contributed by atoms with Gasteiger partial charge in [-0.25, -0.2) is 13.6 Å². The largest absolute Gasteiger partial charge is 0.481 e. The molecule has 8 nitrogen and oxygen atoms in total. The molecule has 2 bridgehead atoms. The number of carboxylic acids is 1. The lowest BCUT2D eigenvalue weighted by molar-refractivity contribution is -0.140. The van der Waals surface area contributed by atoms with E-state index < -0.39 is 65.0 Å². The van der Waals surface area contributed by atoms with Crippen molar-refractivity contribution in [2.45, 2.75) is 104 Å². The van der Waals surface area contributed by atoms with Crippen molar-refractivity contribution in [3.05, 3.63) is 86.1 Å². The fraction of sp³-hybridized carbons (Fsp3) is 0.514. The van der Waals surface area contributed by atoms with Crippen molar-refractivity contribution in [3.63, 3.8) is 0 Å². The highest BCUT2D eigenvalue weighted by Crippen LogP contribution is 2.40. The van der Waals surface area contributed by atoms with Gasteiger partial charge in [0.1, 0.15) is 17.7 Å². The molecule has 2 heterocycles. The normalized spacial score (nSPS) is 17.8. The van der Waals surface area contributed by atoms with Gasteiger partial charge in [-0.1, -0.05) is 39.5 Å². The second kappa shape index (κ2) is 16.7. The number of aromatic nitrogens is 2. The predicted molar refractivity (Wildman–Crippen MR) is 180 cm³/mol. The summed E-state index contributed by atoms with van der Waals surface area (Å²) in [5.74, 6) is -4.62. The summed E-state index contributed by atoms with van der Waals surface area (Å²) in [7, 11) is 0. The number of fused-ring (bicyclic) bond motifs is 4. The Kier molecular flexibility index (Phi) is 12.9. The number of nitrogens with zero attached hydrogens (tertiary/aromatic N) is 3. The maximum atomic E-state index is 15.9. The number of nitrogens with one attached hydrogen (secondary N) is 1. The molecule has 13 heteroatoms. The van der Waals surface area contributed by atoms with Gasteiger partial charge in [-0.15, -0.1) is 0 Å². The summed E-state index contributed by atoms with van der Waals surface area (Å²) in [6.45, 7) is 9.61. The summed E-state index contributed by atoms with van der Waals surface area (Å²) >= 11 is 0. The molecule has 1 aromatic heterocycles. The first-order valence-corrected chi connectivity index (χ1v) is 17.2. The molecular formula is C37H45F5N4O4. The van der Waals surface area contributed by atoms with Gasteiger partial charge in [-0.3, -0.25) is 14.2 Å². The average molecular weight is 705 g/mol. The van der Waals surface area contributed by atoms with Crippen LogP contribution in [0.15, 0.2) is 35.3 Å². The summed E-state index contributed by atoms with van der Waals surface area (Å²) in [6.07, 6.45) is -0.273. The maximum absolute atomic E-state index is 15.9. The first kappa shape index (κ1) is 38.7. The molecule has 0 aliphatic carbocycles. The van der Waals surface area contributed by atoms with Crippen LogP contribution in [0.25, 0.3) is 11.1 Å². The van der Waals surface area contributed by atoms with Crippen molar-refractivity contribution < 1.29 is 36.6 Å². The molecule has 0 saturated heterocycles. The summed E-state index contributed by atoms with van der Waals surface area (Å²) in [5, 5.41) is 12.3. The van der Waals surface area contributed by atoms with Crippen molar-refractivity contribution in [1.82, 2.24) is 19.8 Å². The number of hydrogen-bond acceptors (Lipinski definition) is 5. The molecule has 1 aliphatic rings. The molecular weight excluding hydrogens is 659 g/mol. The van der Waals surface area contributed by atoms with Gasteiger partial charge in [0.15, 0.2) is 0 Å². The molecule has 3 aromatic rings. The summed E-state index contributed by atoms with van der Waals surface area (Å²) in [4.78, 5) is 45.8. The Morgan fingerprint density at radius 3 is 2.36 bits per heavy atom. The van der Waals surface area contributed by atoms with Crippen LogP contribution in [0.1, 0.15) is 104 Å². The zero-order valence-electron chi connectivity index (χ0n) is 28.9. The molecule has 0 radical (unpaired) electrons. The monoisotopic (exact) mass is 704 g/mol. The number of hydrogen-bond donors (Lipinski definition) is 2. The van der Waals surface area contributed by atoms with Crippen LogP contribution in [0, 0.1) is 25.5 Å². The molecule has 1 amide bonds. The highest BCUT2D eigenvalue weighted by molar-refractivity contribution is 5.82. The van der Waals surface area contributed by atoms with Crippen molar-refractivity contribution in [2.24, 2.45) is 0 Å². The Bertz CT molecular complexity index is 1750. The lowest BCUT2D eigenvalue weighted by atomic mass is 9.87. The second-order valence-corrected chi connectivity index (χ2v) is 13.0. The van der Waals surface area contributed by atoms with Crippen molar-refractivity contribution in [3.8, 4) is 11.1 Å². The van der Waals surface area contributed by atoms with E-state index in [2.05, 4.69) is 15.2 Å². The van der Waals surface area contributed by atoms with Crippen LogP contribution >= 0.6 is 0 Å². The Labute approximate surface area is 288 Å². The van der Waals surface area contributed by atoms with Gasteiger partial charge in [0.25, 0.3) is 0 Å². The van der Waals surface area contributed by atoms with E-state index in [9.17, 15) is 37.1 Å². The molecule has 0 fully saturated rings. The molecule has 4 rings (SSSR count). The van der Waals surface area contributed by atoms with E-state index in [4.69, 9.17) is 0 Å². The lowest BCUT2D eigenvalue weighted by Crippen LogP contribution is -2.41. The third kappa shape index (κ3) is 9.35. The van der Waals surface area contributed by atoms with E-state index in [0.717, 1.165) is 37.6 Å².